The topological polar surface area (TPSA) is 37.3 Å². The van der Waals surface area contributed by atoms with Gasteiger partial charge in [0.05, 0.1) is 0 Å². The Hall–Kier alpha value is -1.57. The number of hydrogen-bond donors (Lipinski definition) is 1. The van der Waals surface area contributed by atoms with Gasteiger partial charge in [-0.1, -0.05) is 52.0 Å². The van der Waals surface area contributed by atoms with Crippen LogP contribution in [0.4, 0.5) is 0 Å². The van der Waals surface area contributed by atoms with Crippen LogP contribution in [0.15, 0.2) is 30.3 Å². The lowest BCUT2D eigenvalue weighted by Crippen LogP contribution is -2.00. The smallest absolute Gasteiger partial charge is 0.328 e. The second kappa shape index (κ2) is 6.39. The van der Waals surface area contributed by atoms with Gasteiger partial charge in [-0.15, -0.1) is 0 Å². The number of rotatable bonds is 5. The molecule has 0 saturated heterocycles. The maximum atomic E-state index is 10.8. The molecule has 2 heteroatoms. The lowest BCUT2D eigenvalue weighted by atomic mass is 9.93. The Bertz CT molecular complexity index is 425. The summed E-state index contributed by atoms with van der Waals surface area (Å²) in [5, 5.41) is 8.89. The molecule has 1 aromatic rings. The Morgan fingerprint density at radius 3 is 2.11 bits per heavy atom. The Balaban J connectivity index is 2.98. The van der Waals surface area contributed by atoms with Gasteiger partial charge >= 0.3 is 5.97 Å². The predicted molar refractivity (Wildman–Crippen MR) is 75.4 cm³/mol. The van der Waals surface area contributed by atoms with Crippen LogP contribution in [0.25, 0.3) is 5.57 Å². The van der Waals surface area contributed by atoms with Gasteiger partial charge in [0.2, 0.25) is 0 Å². The number of benzene rings is 1. The van der Waals surface area contributed by atoms with Gasteiger partial charge in [0.1, 0.15) is 0 Å². The highest BCUT2D eigenvalue weighted by molar-refractivity contribution is 5.90. The van der Waals surface area contributed by atoms with Gasteiger partial charge < -0.3 is 5.11 Å². The molecule has 0 aliphatic rings. The molecule has 98 valence electrons. The summed E-state index contributed by atoms with van der Waals surface area (Å²) in [5.41, 5.74) is 3.17. The summed E-state index contributed by atoms with van der Waals surface area (Å²) in [6.07, 6.45) is 2.36. The molecule has 1 rings (SSSR count). The van der Waals surface area contributed by atoms with Gasteiger partial charge in [-0.3, -0.25) is 0 Å². The normalized spacial score (nSPS) is 12.2. The van der Waals surface area contributed by atoms with Crippen molar-refractivity contribution in [3.63, 3.8) is 0 Å². The van der Waals surface area contributed by atoms with Crippen LogP contribution in [0.2, 0.25) is 0 Å². The van der Waals surface area contributed by atoms with E-state index >= 15 is 0 Å². The number of aliphatic carboxylic acids is 1. The molecular weight excluding hydrogens is 224 g/mol. The van der Waals surface area contributed by atoms with Gasteiger partial charge in [0.25, 0.3) is 0 Å². The Labute approximate surface area is 109 Å². The van der Waals surface area contributed by atoms with E-state index in [4.69, 9.17) is 5.11 Å². The van der Waals surface area contributed by atoms with Crippen LogP contribution in [-0.4, -0.2) is 11.1 Å². The van der Waals surface area contributed by atoms with Crippen molar-refractivity contribution in [3.05, 3.63) is 41.5 Å². The monoisotopic (exact) mass is 246 g/mol. The Morgan fingerprint density at radius 2 is 1.72 bits per heavy atom. The fourth-order valence-electron chi connectivity index (χ4n) is 2.02. The second-order valence-electron chi connectivity index (χ2n) is 5.39. The average Bonchev–Trinajstić information content (AvgIpc) is 2.26. The Kier molecular flexibility index (Phi) is 5.14. The molecule has 0 aliphatic heterocycles. The van der Waals surface area contributed by atoms with Crippen LogP contribution < -0.4 is 0 Å². The summed E-state index contributed by atoms with van der Waals surface area (Å²) in [6, 6.07) is 8.22. The molecule has 0 amide bonds. The highest BCUT2D eigenvalue weighted by Gasteiger charge is 2.08. The Morgan fingerprint density at radius 1 is 1.17 bits per heavy atom. The van der Waals surface area contributed by atoms with Crippen molar-refractivity contribution in [2.45, 2.75) is 34.1 Å². The molecule has 18 heavy (non-hydrogen) atoms. The van der Waals surface area contributed by atoms with Crippen molar-refractivity contribution in [1.82, 2.24) is 0 Å². The molecule has 0 aliphatic carbocycles. The van der Waals surface area contributed by atoms with E-state index in [1.54, 1.807) is 0 Å². The summed E-state index contributed by atoms with van der Waals surface area (Å²) in [4.78, 5) is 10.8. The summed E-state index contributed by atoms with van der Waals surface area (Å²) in [7, 11) is 0. The number of carboxylic acids is 1. The average molecular weight is 246 g/mol. The second-order valence-corrected chi connectivity index (χ2v) is 5.39. The lowest BCUT2D eigenvalue weighted by Gasteiger charge is -2.12. The van der Waals surface area contributed by atoms with Crippen molar-refractivity contribution in [2.75, 3.05) is 0 Å². The van der Waals surface area contributed by atoms with E-state index in [0.717, 1.165) is 17.6 Å². The van der Waals surface area contributed by atoms with Crippen molar-refractivity contribution in [1.29, 1.82) is 0 Å². The molecule has 1 N–H and O–H groups in total. The van der Waals surface area contributed by atoms with Gasteiger partial charge in [-0.05, 0) is 35.0 Å². The van der Waals surface area contributed by atoms with Gasteiger partial charge in [-0.2, -0.15) is 0 Å². The first-order valence-corrected chi connectivity index (χ1v) is 6.44. The first-order valence-electron chi connectivity index (χ1n) is 6.44. The molecule has 0 fully saturated rings. The first kappa shape index (κ1) is 14.5. The van der Waals surface area contributed by atoms with Crippen molar-refractivity contribution < 1.29 is 9.90 Å². The SMILES string of the molecule is CC(C)Cc1ccc(/C(=C/C(=O)O)C(C)C)cc1. The molecule has 1 aromatic carbocycles. The van der Waals surface area contributed by atoms with E-state index in [1.165, 1.54) is 11.6 Å². The van der Waals surface area contributed by atoms with E-state index in [9.17, 15) is 4.79 Å². The van der Waals surface area contributed by atoms with E-state index in [1.807, 2.05) is 26.0 Å². The zero-order valence-corrected chi connectivity index (χ0v) is 11.6. The summed E-state index contributed by atoms with van der Waals surface area (Å²) < 4.78 is 0. The zero-order chi connectivity index (χ0) is 13.7. The third kappa shape index (κ3) is 4.36. The fourth-order valence-corrected chi connectivity index (χ4v) is 2.02. The fraction of sp³-hybridized carbons (Fsp3) is 0.438. The van der Waals surface area contributed by atoms with E-state index in [2.05, 4.69) is 26.0 Å². The van der Waals surface area contributed by atoms with Crippen LogP contribution in [0.3, 0.4) is 0 Å². The van der Waals surface area contributed by atoms with Crippen molar-refractivity contribution in [3.8, 4) is 0 Å². The molecule has 0 unspecified atom stereocenters. The molecule has 0 spiro atoms. The van der Waals surface area contributed by atoms with Crippen molar-refractivity contribution >= 4 is 11.5 Å². The van der Waals surface area contributed by atoms with Crippen LogP contribution in [0, 0.1) is 11.8 Å². The molecule has 0 heterocycles. The first-order chi connectivity index (χ1) is 8.40. The molecule has 0 bridgehead atoms. The van der Waals surface area contributed by atoms with Crippen LogP contribution >= 0.6 is 0 Å². The molecular formula is C16H22O2. The number of carbonyl (C=O) groups is 1. The van der Waals surface area contributed by atoms with Crippen LogP contribution in [0.1, 0.15) is 38.8 Å². The van der Waals surface area contributed by atoms with Gasteiger partial charge in [0, 0.05) is 6.08 Å². The number of hydrogen-bond acceptors (Lipinski definition) is 1. The number of carboxylic acid groups (broad SMARTS) is 1. The maximum Gasteiger partial charge on any atom is 0.328 e. The maximum absolute atomic E-state index is 10.8. The number of allylic oxidation sites excluding steroid dienone is 1. The van der Waals surface area contributed by atoms with Crippen molar-refractivity contribution in [2.24, 2.45) is 11.8 Å². The predicted octanol–water partition coefficient (Wildman–Crippen LogP) is 4.01. The van der Waals surface area contributed by atoms with E-state index in [-0.39, 0.29) is 5.92 Å². The highest BCUT2D eigenvalue weighted by atomic mass is 16.4. The van der Waals surface area contributed by atoms with Gasteiger partial charge in [-0.25, -0.2) is 4.79 Å². The quantitative estimate of drug-likeness (QED) is 0.797. The van der Waals surface area contributed by atoms with Gasteiger partial charge in [0.15, 0.2) is 0 Å². The summed E-state index contributed by atoms with van der Waals surface area (Å²) in [6.45, 7) is 8.41. The lowest BCUT2D eigenvalue weighted by molar-refractivity contribution is -0.131. The zero-order valence-electron chi connectivity index (χ0n) is 11.6. The standard InChI is InChI=1S/C16H22O2/c1-11(2)9-13-5-7-14(8-6-13)15(12(3)4)10-16(17)18/h5-8,10-12H,9H2,1-4H3,(H,17,18)/b15-10+. The van der Waals surface area contributed by atoms with E-state index in [0.29, 0.717) is 5.92 Å². The minimum Gasteiger partial charge on any atom is -0.478 e. The molecule has 0 aromatic heterocycles. The van der Waals surface area contributed by atoms with E-state index < -0.39 is 5.97 Å². The molecule has 0 radical (unpaired) electrons. The molecule has 0 atom stereocenters. The minimum atomic E-state index is -0.884. The van der Waals surface area contributed by atoms with Crippen LogP contribution in [-0.2, 0) is 11.2 Å². The highest BCUT2D eigenvalue weighted by Crippen LogP contribution is 2.23. The van der Waals surface area contributed by atoms with Crippen LogP contribution in [0.5, 0.6) is 0 Å². The third-order valence-corrected chi connectivity index (χ3v) is 2.83. The molecule has 2 nitrogen and oxygen atoms in total. The molecule has 0 saturated carbocycles. The third-order valence-electron chi connectivity index (χ3n) is 2.83. The largest absolute Gasteiger partial charge is 0.478 e. The minimum absolute atomic E-state index is 0.206. The summed E-state index contributed by atoms with van der Waals surface area (Å²) >= 11 is 0. The summed E-state index contributed by atoms with van der Waals surface area (Å²) in [5.74, 6) is -0.0445.